The summed E-state index contributed by atoms with van der Waals surface area (Å²) in [6, 6.07) is 5.92. The quantitative estimate of drug-likeness (QED) is 0.918. The van der Waals surface area contributed by atoms with E-state index in [0.29, 0.717) is 25.0 Å². The number of ether oxygens (including phenoxy) is 1. The number of rotatable bonds is 4. The highest BCUT2D eigenvalue weighted by molar-refractivity contribution is 5.85. The molecule has 0 bridgehead atoms. The minimum absolute atomic E-state index is 0.0724. The van der Waals surface area contributed by atoms with E-state index in [1.807, 2.05) is 23.1 Å². The number of pyridine rings is 1. The molecule has 2 aromatic rings. The Morgan fingerprint density at radius 1 is 1.38 bits per heavy atom. The molecule has 1 aliphatic heterocycles. The van der Waals surface area contributed by atoms with Gasteiger partial charge in [0, 0.05) is 38.2 Å². The summed E-state index contributed by atoms with van der Waals surface area (Å²) in [4.78, 5) is 20.8. The van der Waals surface area contributed by atoms with E-state index in [4.69, 9.17) is 14.3 Å². The monoisotopic (exact) mass is 289 g/mol. The van der Waals surface area contributed by atoms with Gasteiger partial charge in [-0.2, -0.15) is 4.98 Å². The van der Waals surface area contributed by atoms with Crippen molar-refractivity contribution in [3.05, 3.63) is 36.4 Å². The van der Waals surface area contributed by atoms with Crippen LogP contribution in [0.3, 0.4) is 0 Å². The maximum atomic E-state index is 10.8. The van der Waals surface area contributed by atoms with Gasteiger partial charge < -0.3 is 19.2 Å². The largest absolute Gasteiger partial charge is 0.476 e. The molecule has 3 heterocycles. The van der Waals surface area contributed by atoms with Crippen LogP contribution in [0.4, 0.5) is 6.01 Å². The van der Waals surface area contributed by atoms with E-state index in [-0.39, 0.29) is 11.8 Å². The molecule has 7 heteroatoms. The second-order valence-electron chi connectivity index (χ2n) is 4.79. The molecule has 110 valence electrons. The van der Waals surface area contributed by atoms with Crippen LogP contribution < -0.4 is 9.64 Å². The van der Waals surface area contributed by atoms with E-state index < -0.39 is 5.97 Å². The van der Waals surface area contributed by atoms with Gasteiger partial charge in [0.15, 0.2) is 5.69 Å². The van der Waals surface area contributed by atoms with Gasteiger partial charge in [0.25, 0.3) is 6.01 Å². The van der Waals surface area contributed by atoms with Gasteiger partial charge in [0.05, 0.1) is 0 Å². The Kier molecular flexibility index (Phi) is 3.72. The molecule has 0 radical (unpaired) electrons. The topological polar surface area (TPSA) is 88.7 Å². The minimum Gasteiger partial charge on any atom is -0.476 e. The number of nitrogens with zero attached hydrogens (tertiary/aromatic N) is 3. The van der Waals surface area contributed by atoms with E-state index in [9.17, 15) is 4.79 Å². The summed E-state index contributed by atoms with van der Waals surface area (Å²) in [5.41, 5.74) is -0.0724. The van der Waals surface area contributed by atoms with E-state index in [1.54, 1.807) is 6.20 Å². The van der Waals surface area contributed by atoms with Crippen LogP contribution >= 0.6 is 0 Å². The third-order valence-corrected chi connectivity index (χ3v) is 3.35. The first-order valence-electron chi connectivity index (χ1n) is 6.74. The van der Waals surface area contributed by atoms with Gasteiger partial charge in [-0.1, -0.05) is 6.07 Å². The number of hydrogen-bond acceptors (Lipinski definition) is 6. The maximum absolute atomic E-state index is 10.8. The van der Waals surface area contributed by atoms with Crippen molar-refractivity contribution < 1.29 is 19.1 Å². The van der Waals surface area contributed by atoms with Crippen molar-refractivity contribution in [3.8, 4) is 5.88 Å². The molecule has 0 aliphatic carbocycles. The predicted molar refractivity (Wildman–Crippen MR) is 73.6 cm³/mol. The zero-order valence-electron chi connectivity index (χ0n) is 11.3. The molecule has 1 N–H and O–H groups in total. The summed E-state index contributed by atoms with van der Waals surface area (Å²) in [5.74, 6) is -0.460. The number of carbonyl (C=O) groups is 1. The molecule has 1 saturated heterocycles. The fourth-order valence-electron chi connectivity index (χ4n) is 2.26. The van der Waals surface area contributed by atoms with Crippen LogP contribution in [0.1, 0.15) is 23.3 Å². The Morgan fingerprint density at radius 3 is 2.81 bits per heavy atom. The molecule has 1 aliphatic rings. The molecule has 0 unspecified atom stereocenters. The SMILES string of the molecule is O=C(O)c1coc(N2CCC(Oc3ccccn3)CC2)n1. The Bertz CT molecular complexity index is 606. The lowest BCUT2D eigenvalue weighted by atomic mass is 10.1. The number of anilines is 1. The number of aromatic carboxylic acids is 1. The van der Waals surface area contributed by atoms with Crippen molar-refractivity contribution in [1.82, 2.24) is 9.97 Å². The average Bonchev–Trinajstić information content (AvgIpc) is 2.99. The molecule has 0 spiro atoms. The number of oxazole rings is 1. The minimum atomic E-state index is -1.08. The van der Waals surface area contributed by atoms with Crippen LogP contribution in [0.5, 0.6) is 5.88 Å². The number of piperidine rings is 1. The van der Waals surface area contributed by atoms with Gasteiger partial charge in [-0.15, -0.1) is 0 Å². The van der Waals surface area contributed by atoms with Crippen LogP contribution in [0.25, 0.3) is 0 Å². The first-order chi connectivity index (χ1) is 10.2. The first kappa shape index (κ1) is 13.4. The normalized spacial score (nSPS) is 15.9. The molecule has 21 heavy (non-hydrogen) atoms. The number of carboxylic acids is 1. The molecular weight excluding hydrogens is 274 g/mol. The summed E-state index contributed by atoms with van der Waals surface area (Å²) >= 11 is 0. The molecule has 0 amide bonds. The highest BCUT2D eigenvalue weighted by atomic mass is 16.5. The fraction of sp³-hybridized carbons (Fsp3) is 0.357. The van der Waals surface area contributed by atoms with Gasteiger partial charge in [-0.25, -0.2) is 9.78 Å². The molecule has 7 nitrogen and oxygen atoms in total. The van der Waals surface area contributed by atoms with Crippen molar-refractivity contribution in [2.45, 2.75) is 18.9 Å². The van der Waals surface area contributed by atoms with Crippen LogP contribution in [-0.2, 0) is 0 Å². The lowest BCUT2D eigenvalue weighted by Gasteiger charge is -2.30. The summed E-state index contributed by atoms with van der Waals surface area (Å²) in [6.07, 6.45) is 4.58. The molecule has 0 aromatic carbocycles. The zero-order chi connectivity index (χ0) is 14.7. The molecular formula is C14H15N3O4. The Balaban J connectivity index is 1.56. The van der Waals surface area contributed by atoms with E-state index in [2.05, 4.69) is 9.97 Å². The Morgan fingerprint density at radius 2 is 2.19 bits per heavy atom. The highest BCUT2D eigenvalue weighted by Gasteiger charge is 2.24. The standard InChI is InChI=1S/C14H15N3O4/c18-13(19)11-9-20-14(16-11)17-7-4-10(5-8-17)21-12-3-1-2-6-15-12/h1-3,6,9-10H,4-5,7-8H2,(H,18,19). The van der Waals surface area contributed by atoms with E-state index in [1.165, 1.54) is 0 Å². The van der Waals surface area contributed by atoms with Crippen molar-refractivity contribution >= 4 is 12.0 Å². The van der Waals surface area contributed by atoms with Crippen molar-refractivity contribution in [2.75, 3.05) is 18.0 Å². The smallest absolute Gasteiger partial charge is 0.357 e. The summed E-state index contributed by atoms with van der Waals surface area (Å²) in [7, 11) is 0. The van der Waals surface area contributed by atoms with E-state index in [0.717, 1.165) is 19.1 Å². The highest BCUT2D eigenvalue weighted by Crippen LogP contribution is 2.22. The number of hydrogen-bond donors (Lipinski definition) is 1. The van der Waals surface area contributed by atoms with Crippen LogP contribution in [0.2, 0.25) is 0 Å². The average molecular weight is 289 g/mol. The van der Waals surface area contributed by atoms with Gasteiger partial charge in [-0.05, 0) is 6.07 Å². The van der Waals surface area contributed by atoms with Gasteiger partial charge in [0.2, 0.25) is 5.88 Å². The lowest BCUT2D eigenvalue weighted by Crippen LogP contribution is -2.38. The number of aromatic nitrogens is 2. The van der Waals surface area contributed by atoms with Crippen molar-refractivity contribution in [2.24, 2.45) is 0 Å². The molecule has 2 aromatic heterocycles. The Labute approximate surface area is 121 Å². The predicted octanol–water partition coefficient (Wildman–Crippen LogP) is 1.82. The third kappa shape index (κ3) is 3.13. The molecule has 0 atom stereocenters. The lowest BCUT2D eigenvalue weighted by molar-refractivity contribution is 0.0690. The fourth-order valence-corrected chi connectivity index (χ4v) is 2.26. The molecule has 0 saturated carbocycles. The van der Waals surface area contributed by atoms with Gasteiger partial charge >= 0.3 is 5.97 Å². The van der Waals surface area contributed by atoms with Crippen LogP contribution in [0, 0.1) is 0 Å². The molecule has 3 rings (SSSR count). The van der Waals surface area contributed by atoms with Crippen molar-refractivity contribution in [1.29, 1.82) is 0 Å². The second kappa shape index (κ2) is 5.82. The Hall–Kier alpha value is -2.57. The van der Waals surface area contributed by atoms with Crippen LogP contribution in [0.15, 0.2) is 35.1 Å². The van der Waals surface area contributed by atoms with Gasteiger partial charge in [0.1, 0.15) is 12.4 Å². The zero-order valence-corrected chi connectivity index (χ0v) is 11.3. The molecule has 1 fully saturated rings. The van der Waals surface area contributed by atoms with Gasteiger partial charge in [-0.3, -0.25) is 0 Å². The van der Waals surface area contributed by atoms with Crippen molar-refractivity contribution in [3.63, 3.8) is 0 Å². The third-order valence-electron chi connectivity index (χ3n) is 3.35. The number of carboxylic acid groups (broad SMARTS) is 1. The maximum Gasteiger partial charge on any atom is 0.357 e. The summed E-state index contributed by atoms with van der Waals surface area (Å²) < 4.78 is 11.0. The second-order valence-corrected chi connectivity index (χ2v) is 4.79. The van der Waals surface area contributed by atoms with E-state index >= 15 is 0 Å². The summed E-state index contributed by atoms with van der Waals surface area (Å²) in [6.45, 7) is 1.41. The summed E-state index contributed by atoms with van der Waals surface area (Å²) in [5, 5.41) is 8.83. The van der Waals surface area contributed by atoms with Crippen LogP contribution in [-0.4, -0.2) is 40.2 Å². The first-order valence-corrected chi connectivity index (χ1v) is 6.74.